The lowest BCUT2D eigenvalue weighted by Gasteiger charge is -2.05. The first kappa shape index (κ1) is 17.7. The third-order valence-corrected chi connectivity index (χ3v) is 4.20. The fourth-order valence-corrected chi connectivity index (χ4v) is 2.44. The Morgan fingerprint density at radius 2 is 1.71 bits per heavy atom. The molecule has 0 saturated heterocycles. The summed E-state index contributed by atoms with van der Waals surface area (Å²) in [4.78, 5) is 11.7. The molecular formula is C17H19N3O3S. The number of nitrogens with two attached hydrogens (primary N) is 1. The molecule has 0 spiro atoms. The van der Waals surface area contributed by atoms with Crippen LogP contribution in [0.3, 0.4) is 0 Å². The van der Waals surface area contributed by atoms with E-state index < -0.39 is 10.0 Å². The summed E-state index contributed by atoms with van der Waals surface area (Å²) < 4.78 is 22.3. The quantitative estimate of drug-likeness (QED) is 0.773. The molecule has 2 aromatic rings. The molecule has 0 aliphatic carbocycles. The van der Waals surface area contributed by atoms with Gasteiger partial charge in [0.1, 0.15) is 0 Å². The first-order chi connectivity index (χ1) is 11.3. The van der Waals surface area contributed by atoms with Crippen molar-refractivity contribution < 1.29 is 13.2 Å². The van der Waals surface area contributed by atoms with Gasteiger partial charge in [-0.2, -0.15) is 0 Å². The monoisotopic (exact) mass is 345 g/mol. The number of aryl methyl sites for hydroxylation is 1. The maximum Gasteiger partial charge on any atom is 0.319 e. The summed E-state index contributed by atoms with van der Waals surface area (Å²) in [5.74, 6) is 0. The molecule has 0 aliphatic heterocycles. The summed E-state index contributed by atoms with van der Waals surface area (Å²) in [5.41, 5.74) is 2.92. The van der Waals surface area contributed by atoms with E-state index in [-0.39, 0.29) is 17.5 Å². The average Bonchev–Trinajstić information content (AvgIpc) is 2.54. The minimum atomic E-state index is -3.70. The van der Waals surface area contributed by atoms with Gasteiger partial charge in [0.2, 0.25) is 10.0 Å². The SMILES string of the molecule is Cc1ccc(/C=C/NC(=O)NCc2ccc(S(N)(=O)=O)cc2)cc1. The summed E-state index contributed by atoms with van der Waals surface area (Å²) in [6.45, 7) is 2.28. The number of carbonyl (C=O) groups excluding carboxylic acids is 1. The van der Waals surface area contributed by atoms with Crippen LogP contribution in [0.4, 0.5) is 4.79 Å². The summed E-state index contributed by atoms with van der Waals surface area (Å²) in [6, 6.07) is 13.6. The zero-order chi connectivity index (χ0) is 17.6. The van der Waals surface area contributed by atoms with Gasteiger partial charge in [0.25, 0.3) is 0 Å². The summed E-state index contributed by atoms with van der Waals surface area (Å²) in [7, 11) is -3.70. The van der Waals surface area contributed by atoms with Crippen LogP contribution in [0.1, 0.15) is 16.7 Å². The lowest BCUT2D eigenvalue weighted by molar-refractivity contribution is 0.244. The number of sulfonamides is 1. The summed E-state index contributed by atoms with van der Waals surface area (Å²) in [6.07, 6.45) is 3.35. The van der Waals surface area contributed by atoms with Crippen molar-refractivity contribution in [3.05, 3.63) is 71.4 Å². The van der Waals surface area contributed by atoms with Crippen molar-refractivity contribution >= 4 is 22.1 Å². The van der Waals surface area contributed by atoms with Crippen molar-refractivity contribution in [2.75, 3.05) is 0 Å². The second-order valence-corrected chi connectivity index (χ2v) is 6.82. The first-order valence-electron chi connectivity index (χ1n) is 7.24. The first-order valence-corrected chi connectivity index (χ1v) is 8.78. The number of rotatable bonds is 5. The van der Waals surface area contributed by atoms with Crippen LogP contribution < -0.4 is 15.8 Å². The van der Waals surface area contributed by atoms with Gasteiger partial charge in [0.15, 0.2) is 0 Å². The standard InChI is InChI=1S/C17H19N3O3S/c1-13-2-4-14(5-3-13)10-11-19-17(21)20-12-15-6-8-16(9-7-15)24(18,22)23/h2-11H,12H2,1H3,(H2,18,22,23)(H2,19,20,21)/b11-10+. The topological polar surface area (TPSA) is 101 Å². The zero-order valence-electron chi connectivity index (χ0n) is 13.2. The predicted molar refractivity (Wildman–Crippen MR) is 93.4 cm³/mol. The number of benzene rings is 2. The van der Waals surface area contributed by atoms with E-state index in [1.807, 2.05) is 31.2 Å². The van der Waals surface area contributed by atoms with Gasteiger partial charge < -0.3 is 10.6 Å². The van der Waals surface area contributed by atoms with E-state index in [1.54, 1.807) is 24.4 Å². The molecule has 6 nitrogen and oxygen atoms in total. The molecule has 0 heterocycles. The van der Waals surface area contributed by atoms with Gasteiger partial charge in [-0.25, -0.2) is 18.4 Å². The van der Waals surface area contributed by atoms with Crippen LogP contribution in [-0.4, -0.2) is 14.4 Å². The van der Waals surface area contributed by atoms with Crippen LogP contribution in [0, 0.1) is 6.92 Å². The van der Waals surface area contributed by atoms with Crippen molar-refractivity contribution in [3.8, 4) is 0 Å². The molecule has 0 fully saturated rings. The van der Waals surface area contributed by atoms with Gasteiger partial charge in [-0.05, 0) is 36.3 Å². The lowest BCUT2D eigenvalue weighted by Crippen LogP contribution is -2.31. The van der Waals surface area contributed by atoms with Crippen molar-refractivity contribution in [2.45, 2.75) is 18.4 Å². The van der Waals surface area contributed by atoms with Crippen molar-refractivity contribution in [1.82, 2.24) is 10.6 Å². The molecule has 126 valence electrons. The van der Waals surface area contributed by atoms with E-state index in [9.17, 15) is 13.2 Å². The van der Waals surface area contributed by atoms with Gasteiger partial charge in [-0.3, -0.25) is 0 Å². The highest BCUT2D eigenvalue weighted by Gasteiger charge is 2.06. The molecule has 0 unspecified atom stereocenters. The molecule has 2 rings (SSSR count). The number of amides is 2. The van der Waals surface area contributed by atoms with Gasteiger partial charge in [-0.15, -0.1) is 0 Å². The molecule has 2 amide bonds. The second kappa shape index (κ2) is 7.76. The largest absolute Gasteiger partial charge is 0.334 e. The van der Waals surface area contributed by atoms with Crippen LogP contribution in [0.15, 0.2) is 59.6 Å². The fourth-order valence-electron chi connectivity index (χ4n) is 1.92. The van der Waals surface area contributed by atoms with Crippen LogP contribution >= 0.6 is 0 Å². The molecule has 0 saturated carbocycles. The summed E-state index contributed by atoms with van der Waals surface area (Å²) >= 11 is 0. The Morgan fingerprint density at radius 1 is 1.08 bits per heavy atom. The highest BCUT2D eigenvalue weighted by atomic mass is 32.2. The van der Waals surface area contributed by atoms with Gasteiger partial charge in [0.05, 0.1) is 4.90 Å². The molecule has 24 heavy (non-hydrogen) atoms. The van der Waals surface area contributed by atoms with E-state index in [1.165, 1.54) is 17.7 Å². The molecule has 0 aliphatic rings. The predicted octanol–water partition coefficient (Wildman–Crippen LogP) is 2.11. The minimum absolute atomic E-state index is 0.0386. The minimum Gasteiger partial charge on any atom is -0.334 e. The van der Waals surface area contributed by atoms with E-state index in [0.717, 1.165) is 11.1 Å². The third-order valence-electron chi connectivity index (χ3n) is 3.27. The lowest BCUT2D eigenvalue weighted by atomic mass is 10.1. The molecule has 0 atom stereocenters. The Labute approximate surface area is 141 Å². The number of primary sulfonamides is 1. The smallest absolute Gasteiger partial charge is 0.319 e. The second-order valence-electron chi connectivity index (χ2n) is 5.26. The fraction of sp³-hybridized carbons (Fsp3) is 0.118. The van der Waals surface area contributed by atoms with E-state index >= 15 is 0 Å². The highest BCUT2D eigenvalue weighted by Crippen LogP contribution is 2.08. The highest BCUT2D eigenvalue weighted by molar-refractivity contribution is 7.89. The number of nitrogens with one attached hydrogen (secondary N) is 2. The Hall–Kier alpha value is -2.64. The van der Waals surface area contributed by atoms with E-state index in [2.05, 4.69) is 10.6 Å². The normalized spacial score (nSPS) is 11.4. The molecule has 7 heteroatoms. The number of hydrogen-bond donors (Lipinski definition) is 3. The van der Waals surface area contributed by atoms with Crippen LogP contribution in [0.2, 0.25) is 0 Å². The maximum absolute atomic E-state index is 11.7. The van der Waals surface area contributed by atoms with Crippen LogP contribution in [0.25, 0.3) is 6.08 Å². The Kier molecular flexibility index (Phi) is 5.73. The van der Waals surface area contributed by atoms with E-state index in [0.29, 0.717) is 0 Å². The molecule has 4 N–H and O–H groups in total. The van der Waals surface area contributed by atoms with Crippen molar-refractivity contribution in [2.24, 2.45) is 5.14 Å². The van der Waals surface area contributed by atoms with Gasteiger partial charge in [-0.1, -0.05) is 42.0 Å². The van der Waals surface area contributed by atoms with Crippen LogP contribution in [0.5, 0.6) is 0 Å². The average molecular weight is 345 g/mol. The zero-order valence-corrected chi connectivity index (χ0v) is 14.0. The molecule has 0 aromatic heterocycles. The van der Waals surface area contributed by atoms with Crippen molar-refractivity contribution in [1.29, 1.82) is 0 Å². The molecule has 2 aromatic carbocycles. The van der Waals surface area contributed by atoms with Crippen molar-refractivity contribution in [3.63, 3.8) is 0 Å². The van der Waals surface area contributed by atoms with Gasteiger partial charge in [0, 0.05) is 12.7 Å². The Morgan fingerprint density at radius 3 is 2.29 bits per heavy atom. The maximum atomic E-state index is 11.7. The third kappa shape index (κ3) is 5.53. The molecule has 0 bridgehead atoms. The van der Waals surface area contributed by atoms with E-state index in [4.69, 9.17) is 5.14 Å². The van der Waals surface area contributed by atoms with Gasteiger partial charge >= 0.3 is 6.03 Å². The Bertz CT molecular complexity index is 826. The Balaban J connectivity index is 1.81. The van der Waals surface area contributed by atoms with Crippen LogP contribution in [-0.2, 0) is 16.6 Å². The molecular weight excluding hydrogens is 326 g/mol. The number of hydrogen-bond acceptors (Lipinski definition) is 3. The summed E-state index contributed by atoms with van der Waals surface area (Å²) in [5, 5.41) is 10.3. The number of carbonyl (C=O) groups is 1. The molecule has 0 radical (unpaired) electrons. The number of urea groups is 1.